The van der Waals surface area contributed by atoms with Crippen LogP contribution in [0, 0.1) is 0 Å². The Morgan fingerprint density at radius 3 is 2.46 bits per heavy atom. The van der Waals surface area contributed by atoms with Gasteiger partial charge in [-0.25, -0.2) is 0 Å². The largest absolute Gasteiger partial charge is 0.312 e. The van der Waals surface area contributed by atoms with E-state index in [9.17, 15) is 4.79 Å². The van der Waals surface area contributed by atoms with Crippen molar-refractivity contribution >= 4 is 22.4 Å². The number of aryl methyl sites for hydroxylation is 1. The molecule has 0 spiro atoms. The zero-order valence-corrected chi connectivity index (χ0v) is 15.7. The summed E-state index contributed by atoms with van der Waals surface area (Å²) in [6.07, 6.45) is 9.21. The Kier molecular flexibility index (Phi) is 3.93. The van der Waals surface area contributed by atoms with Crippen LogP contribution < -0.4 is 4.90 Å². The van der Waals surface area contributed by atoms with Gasteiger partial charge in [0.15, 0.2) is 0 Å². The Balaban J connectivity index is 1.57. The number of pyridine rings is 1. The third kappa shape index (κ3) is 2.85. The van der Waals surface area contributed by atoms with Crippen molar-refractivity contribution in [3.8, 4) is 22.3 Å². The molecule has 0 N–H and O–H groups in total. The van der Waals surface area contributed by atoms with Crippen molar-refractivity contribution in [1.29, 1.82) is 0 Å². The number of anilines is 1. The number of carbonyl (C=O) groups excluding carboxylic acids is 1. The van der Waals surface area contributed by atoms with Gasteiger partial charge in [-0.1, -0.05) is 30.3 Å². The van der Waals surface area contributed by atoms with E-state index in [0.717, 1.165) is 51.7 Å². The molecule has 138 valence electrons. The maximum atomic E-state index is 12.1. The van der Waals surface area contributed by atoms with Gasteiger partial charge in [-0.05, 0) is 35.1 Å². The molecule has 2 aromatic heterocycles. The Hall–Kier alpha value is -3.47. The topological polar surface area (TPSA) is 51.0 Å². The van der Waals surface area contributed by atoms with E-state index in [4.69, 9.17) is 0 Å². The highest BCUT2D eigenvalue weighted by atomic mass is 16.2. The van der Waals surface area contributed by atoms with Crippen LogP contribution in [0.2, 0.25) is 0 Å². The summed E-state index contributed by atoms with van der Waals surface area (Å²) in [7, 11) is 1.92. The first kappa shape index (κ1) is 16.7. The lowest BCUT2D eigenvalue weighted by Gasteiger charge is -2.17. The van der Waals surface area contributed by atoms with E-state index in [-0.39, 0.29) is 5.91 Å². The van der Waals surface area contributed by atoms with Gasteiger partial charge in [0.1, 0.15) is 0 Å². The first-order valence-electron chi connectivity index (χ1n) is 9.47. The first-order chi connectivity index (χ1) is 13.7. The van der Waals surface area contributed by atoms with Crippen LogP contribution in [0.15, 0.2) is 67.3 Å². The fourth-order valence-corrected chi connectivity index (χ4v) is 3.88. The molecule has 5 nitrogen and oxygen atoms in total. The highest BCUT2D eigenvalue weighted by molar-refractivity contribution is 6.01. The molecule has 1 saturated heterocycles. The maximum Gasteiger partial charge on any atom is 0.227 e. The lowest BCUT2D eigenvalue weighted by Crippen LogP contribution is -2.23. The molecule has 0 atom stereocenters. The average molecular weight is 368 g/mol. The van der Waals surface area contributed by atoms with Gasteiger partial charge < -0.3 is 4.90 Å². The molecule has 1 aliphatic rings. The van der Waals surface area contributed by atoms with E-state index in [2.05, 4.69) is 46.5 Å². The number of hydrogen-bond acceptors (Lipinski definition) is 3. The predicted molar refractivity (Wildman–Crippen MR) is 111 cm³/mol. The Labute approximate surface area is 163 Å². The third-order valence-electron chi connectivity index (χ3n) is 5.36. The Bertz CT molecular complexity index is 1180. The van der Waals surface area contributed by atoms with Gasteiger partial charge in [-0.15, -0.1) is 0 Å². The number of nitrogens with zero attached hydrogens (tertiary/aromatic N) is 4. The molecule has 0 saturated carbocycles. The van der Waals surface area contributed by atoms with Crippen molar-refractivity contribution in [2.45, 2.75) is 12.8 Å². The molecule has 0 unspecified atom stereocenters. The van der Waals surface area contributed by atoms with Crippen molar-refractivity contribution in [3.05, 3.63) is 67.3 Å². The molecule has 3 heterocycles. The van der Waals surface area contributed by atoms with Crippen LogP contribution in [0.25, 0.3) is 33.0 Å². The number of aromatic nitrogens is 3. The SMILES string of the molecule is Cn1cc(-c2ccc(-c3cncc4ccc(N5CCCC5=O)cc34)cc2)cn1. The minimum Gasteiger partial charge on any atom is -0.312 e. The second-order valence-electron chi connectivity index (χ2n) is 7.22. The van der Waals surface area contributed by atoms with E-state index in [1.807, 2.05) is 42.8 Å². The number of rotatable bonds is 3. The van der Waals surface area contributed by atoms with E-state index in [1.165, 1.54) is 0 Å². The van der Waals surface area contributed by atoms with Crippen LogP contribution in [-0.2, 0) is 11.8 Å². The minimum absolute atomic E-state index is 0.204. The molecule has 0 aliphatic carbocycles. The van der Waals surface area contributed by atoms with E-state index >= 15 is 0 Å². The van der Waals surface area contributed by atoms with Crippen LogP contribution >= 0.6 is 0 Å². The molecule has 0 radical (unpaired) electrons. The number of hydrogen-bond donors (Lipinski definition) is 0. The summed E-state index contributed by atoms with van der Waals surface area (Å²) in [4.78, 5) is 18.5. The fourth-order valence-electron chi connectivity index (χ4n) is 3.88. The van der Waals surface area contributed by atoms with Crippen LogP contribution in [0.4, 0.5) is 5.69 Å². The normalized spacial score (nSPS) is 14.2. The van der Waals surface area contributed by atoms with Crippen molar-refractivity contribution < 1.29 is 4.79 Å². The summed E-state index contributed by atoms with van der Waals surface area (Å²) in [5.74, 6) is 0.204. The summed E-state index contributed by atoms with van der Waals surface area (Å²) < 4.78 is 1.80. The first-order valence-corrected chi connectivity index (χ1v) is 9.47. The molecule has 2 aromatic carbocycles. The van der Waals surface area contributed by atoms with Gasteiger partial charge in [0, 0.05) is 60.8 Å². The molecular weight excluding hydrogens is 348 g/mol. The van der Waals surface area contributed by atoms with Crippen molar-refractivity contribution in [1.82, 2.24) is 14.8 Å². The van der Waals surface area contributed by atoms with Crippen LogP contribution in [-0.4, -0.2) is 27.2 Å². The lowest BCUT2D eigenvalue weighted by atomic mass is 9.98. The zero-order valence-electron chi connectivity index (χ0n) is 15.7. The van der Waals surface area contributed by atoms with Crippen LogP contribution in [0.5, 0.6) is 0 Å². The second-order valence-corrected chi connectivity index (χ2v) is 7.22. The van der Waals surface area contributed by atoms with Gasteiger partial charge in [-0.2, -0.15) is 5.10 Å². The van der Waals surface area contributed by atoms with Gasteiger partial charge in [0.25, 0.3) is 0 Å². The lowest BCUT2D eigenvalue weighted by molar-refractivity contribution is -0.117. The number of carbonyl (C=O) groups is 1. The van der Waals surface area contributed by atoms with Gasteiger partial charge in [-0.3, -0.25) is 14.5 Å². The van der Waals surface area contributed by atoms with E-state index in [0.29, 0.717) is 6.42 Å². The Morgan fingerprint density at radius 1 is 0.929 bits per heavy atom. The highest BCUT2D eigenvalue weighted by Crippen LogP contribution is 2.33. The fraction of sp³-hybridized carbons (Fsp3) is 0.174. The predicted octanol–water partition coefficient (Wildman–Crippen LogP) is 4.43. The van der Waals surface area contributed by atoms with Crippen molar-refractivity contribution in [3.63, 3.8) is 0 Å². The number of benzene rings is 2. The van der Waals surface area contributed by atoms with Gasteiger partial charge >= 0.3 is 0 Å². The molecule has 5 heteroatoms. The quantitative estimate of drug-likeness (QED) is 0.537. The van der Waals surface area contributed by atoms with Crippen molar-refractivity contribution in [2.24, 2.45) is 7.05 Å². The molecule has 5 rings (SSSR count). The maximum absolute atomic E-state index is 12.1. The average Bonchev–Trinajstić information content (AvgIpc) is 3.35. The molecule has 0 bridgehead atoms. The third-order valence-corrected chi connectivity index (χ3v) is 5.36. The summed E-state index contributed by atoms with van der Waals surface area (Å²) >= 11 is 0. The number of fused-ring (bicyclic) bond motifs is 1. The molecule has 1 aliphatic heterocycles. The summed E-state index contributed by atoms with van der Waals surface area (Å²) in [6, 6.07) is 14.6. The minimum atomic E-state index is 0.204. The van der Waals surface area contributed by atoms with E-state index < -0.39 is 0 Å². The molecule has 28 heavy (non-hydrogen) atoms. The van der Waals surface area contributed by atoms with E-state index in [1.54, 1.807) is 4.68 Å². The summed E-state index contributed by atoms with van der Waals surface area (Å²) in [6.45, 7) is 0.796. The molecule has 1 amide bonds. The van der Waals surface area contributed by atoms with Gasteiger partial charge in [0.2, 0.25) is 5.91 Å². The van der Waals surface area contributed by atoms with Gasteiger partial charge in [0.05, 0.1) is 6.20 Å². The van der Waals surface area contributed by atoms with Crippen LogP contribution in [0.1, 0.15) is 12.8 Å². The molecule has 1 fully saturated rings. The smallest absolute Gasteiger partial charge is 0.227 e. The highest BCUT2D eigenvalue weighted by Gasteiger charge is 2.22. The van der Waals surface area contributed by atoms with Crippen LogP contribution in [0.3, 0.4) is 0 Å². The Morgan fingerprint density at radius 2 is 1.75 bits per heavy atom. The second kappa shape index (κ2) is 6.60. The summed E-state index contributed by atoms with van der Waals surface area (Å²) in [5, 5.41) is 6.43. The number of amides is 1. The monoisotopic (exact) mass is 368 g/mol. The van der Waals surface area contributed by atoms with Crippen molar-refractivity contribution in [2.75, 3.05) is 11.4 Å². The zero-order chi connectivity index (χ0) is 19.1. The standard InChI is InChI=1S/C23H20N4O/c1-26-15-19(13-25-26)16-4-6-17(7-5-16)22-14-24-12-18-8-9-20(11-21(18)22)27-10-2-3-23(27)28/h4-9,11-15H,2-3,10H2,1H3. The molecule has 4 aromatic rings. The molecular formula is C23H20N4O. The summed E-state index contributed by atoms with van der Waals surface area (Å²) in [5.41, 5.74) is 5.38.